The molecule has 0 aliphatic carbocycles. The van der Waals surface area contributed by atoms with Gasteiger partial charge in [0, 0.05) is 25.2 Å². The molecule has 128 valence electrons. The van der Waals surface area contributed by atoms with Crippen LogP contribution in [0.25, 0.3) is 0 Å². The van der Waals surface area contributed by atoms with E-state index in [4.69, 9.17) is 4.74 Å². The van der Waals surface area contributed by atoms with Crippen molar-refractivity contribution in [2.75, 3.05) is 0 Å². The molecule has 1 N–H and O–H groups in total. The summed E-state index contributed by atoms with van der Waals surface area (Å²) in [6.45, 7) is 2.39. The number of nitrogens with one attached hydrogen (secondary N) is 1. The minimum atomic E-state index is 0.329. The number of benzene rings is 2. The lowest BCUT2D eigenvalue weighted by Crippen LogP contribution is -2.27. The van der Waals surface area contributed by atoms with Crippen LogP contribution in [-0.4, -0.2) is 9.78 Å². The maximum absolute atomic E-state index is 5.90. The second-order valence-electron chi connectivity index (χ2n) is 6.47. The van der Waals surface area contributed by atoms with E-state index in [1.54, 1.807) is 0 Å². The maximum Gasteiger partial charge on any atom is 0.233 e. The molecule has 0 bridgehead atoms. The van der Waals surface area contributed by atoms with Gasteiger partial charge in [0.05, 0.1) is 5.69 Å². The fourth-order valence-electron chi connectivity index (χ4n) is 3.30. The van der Waals surface area contributed by atoms with E-state index in [0.717, 1.165) is 31.5 Å². The molecule has 1 unspecified atom stereocenters. The predicted molar refractivity (Wildman–Crippen MR) is 98.3 cm³/mol. The zero-order valence-electron chi connectivity index (χ0n) is 14.3. The topological polar surface area (TPSA) is 39.1 Å². The first-order chi connectivity index (χ1) is 12.4. The molecule has 0 saturated carbocycles. The highest BCUT2D eigenvalue weighted by Crippen LogP contribution is 2.28. The molecule has 0 radical (unpaired) electrons. The number of nitrogens with zero attached hydrogens (tertiary/aromatic N) is 2. The number of rotatable bonds is 6. The number of ether oxygens (including phenoxy) is 1. The molecule has 4 rings (SSSR count). The molecule has 1 aliphatic heterocycles. The third kappa shape index (κ3) is 3.91. The summed E-state index contributed by atoms with van der Waals surface area (Å²) in [7, 11) is 0. The summed E-state index contributed by atoms with van der Waals surface area (Å²) in [5.74, 6) is 0.715. The minimum Gasteiger partial charge on any atom is -0.472 e. The smallest absolute Gasteiger partial charge is 0.233 e. The van der Waals surface area contributed by atoms with Crippen molar-refractivity contribution >= 4 is 0 Å². The first kappa shape index (κ1) is 15.9. The summed E-state index contributed by atoms with van der Waals surface area (Å²) in [5, 5.41) is 8.29. The van der Waals surface area contributed by atoms with Crippen LogP contribution in [0.2, 0.25) is 0 Å². The van der Waals surface area contributed by atoms with Gasteiger partial charge in [-0.3, -0.25) is 4.68 Å². The van der Waals surface area contributed by atoms with Crippen molar-refractivity contribution < 1.29 is 4.74 Å². The number of aryl methyl sites for hydroxylation is 1. The van der Waals surface area contributed by atoms with E-state index in [2.05, 4.69) is 63.6 Å². The second-order valence-corrected chi connectivity index (χ2v) is 6.47. The van der Waals surface area contributed by atoms with Gasteiger partial charge in [0.25, 0.3) is 0 Å². The molecular formula is C21H23N3O. The van der Waals surface area contributed by atoms with Crippen LogP contribution in [0, 0.1) is 0 Å². The lowest BCUT2D eigenvalue weighted by molar-refractivity contribution is 0.287. The van der Waals surface area contributed by atoms with Gasteiger partial charge in [0.2, 0.25) is 5.88 Å². The van der Waals surface area contributed by atoms with Crippen molar-refractivity contribution in [1.29, 1.82) is 0 Å². The molecule has 4 nitrogen and oxygen atoms in total. The molecule has 1 aliphatic rings. The molecular weight excluding hydrogens is 310 g/mol. The number of hydrogen-bond donors (Lipinski definition) is 1. The maximum atomic E-state index is 5.90. The monoisotopic (exact) mass is 333 g/mol. The van der Waals surface area contributed by atoms with Crippen molar-refractivity contribution in [1.82, 2.24) is 15.1 Å². The molecule has 0 spiro atoms. The highest BCUT2D eigenvalue weighted by molar-refractivity contribution is 5.22. The Hall–Kier alpha value is -2.59. The number of hydrogen-bond acceptors (Lipinski definition) is 3. The highest BCUT2D eigenvalue weighted by atomic mass is 16.5. The average molecular weight is 333 g/mol. The second kappa shape index (κ2) is 7.53. The van der Waals surface area contributed by atoms with E-state index in [9.17, 15) is 0 Å². The molecule has 25 heavy (non-hydrogen) atoms. The van der Waals surface area contributed by atoms with Gasteiger partial charge in [0.15, 0.2) is 0 Å². The summed E-state index contributed by atoms with van der Waals surface area (Å²) >= 11 is 0. The van der Waals surface area contributed by atoms with Crippen LogP contribution in [0.4, 0.5) is 0 Å². The number of fused-ring (bicyclic) bond motifs is 1. The summed E-state index contributed by atoms with van der Waals surface area (Å²) in [6.07, 6.45) is 2.27. The van der Waals surface area contributed by atoms with Gasteiger partial charge in [-0.15, -0.1) is 5.10 Å². The van der Waals surface area contributed by atoms with Crippen molar-refractivity contribution in [3.63, 3.8) is 0 Å². The average Bonchev–Trinajstić information content (AvgIpc) is 3.10. The van der Waals surface area contributed by atoms with E-state index >= 15 is 0 Å². The third-order valence-corrected chi connectivity index (χ3v) is 4.63. The molecule has 0 saturated heterocycles. The molecule has 2 heterocycles. The normalized spacial score (nSPS) is 16.4. The molecule has 0 fully saturated rings. The Morgan fingerprint density at radius 3 is 2.48 bits per heavy atom. The van der Waals surface area contributed by atoms with Crippen LogP contribution in [-0.2, 0) is 19.7 Å². The molecule has 3 aromatic rings. The highest BCUT2D eigenvalue weighted by Gasteiger charge is 2.22. The Balaban J connectivity index is 1.41. The largest absolute Gasteiger partial charge is 0.472 e. The Morgan fingerprint density at radius 1 is 1.00 bits per heavy atom. The summed E-state index contributed by atoms with van der Waals surface area (Å²) in [6, 6.07) is 23.2. The quantitative estimate of drug-likeness (QED) is 0.738. The lowest BCUT2D eigenvalue weighted by atomic mass is 10.0. The van der Waals surface area contributed by atoms with Crippen LogP contribution in [0.1, 0.15) is 35.7 Å². The lowest BCUT2D eigenvalue weighted by Gasteiger charge is -2.24. The van der Waals surface area contributed by atoms with Crippen LogP contribution < -0.4 is 10.1 Å². The van der Waals surface area contributed by atoms with Crippen LogP contribution >= 0.6 is 0 Å². The molecule has 0 amide bonds. The third-order valence-electron chi connectivity index (χ3n) is 4.63. The number of aromatic nitrogens is 2. The van der Waals surface area contributed by atoms with Gasteiger partial charge >= 0.3 is 0 Å². The Labute approximate surface area is 148 Å². The fourth-order valence-corrected chi connectivity index (χ4v) is 3.30. The SMILES string of the molecule is c1ccc(CNC2CCCn3nc(OCc4ccccc4)cc32)cc1. The van der Waals surface area contributed by atoms with Gasteiger partial charge in [-0.1, -0.05) is 60.7 Å². The van der Waals surface area contributed by atoms with E-state index in [1.165, 1.54) is 11.3 Å². The molecule has 4 heteroatoms. The summed E-state index contributed by atoms with van der Waals surface area (Å²) in [5.41, 5.74) is 3.69. The molecule has 1 aromatic heterocycles. The Kier molecular flexibility index (Phi) is 4.79. The summed E-state index contributed by atoms with van der Waals surface area (Å²) in [4.78, 5) is 0. The first-order valence-corrected chi connectivity index (χ1v) is 8.90. The predicted octanol–water partition coefficient (Wildman–Crippen LogP) is 4.09. The zero-order valence-corrected chi connectivity index (χ0v) is 14.3. The zero-order chi connectivity index (χ0) is 16.9. The minimum absolute atomic E-state index is 0.329. The fraction of sp³-hybridized carbons (Fsp3) is 0.286. The van der Waals surface area contributed by atoms with Gasteiger partial charge in [0.1, 0.15) is 6.61 Å². The van der Waals surface area contributed by atoms with Gasteiger partial charge in [-0.25, -0.2) is 0 Å². The van der Waals surface area contributed by atoms with Crippen molar-refractivity contribution in [2.45, 2.75) is 38.6 Å². The first-order valence-electron chi connectivity index (χ1n) is 8.90. The Morgan fingerprint density at radius 2 is 1.72 bits per heavy atom. The van der Waals surface area contributed by atoms with E-state index < -0.39 is 0 Å². The van der Waals surface area contributed by atoms with Crippen molar-refractivity contribution in [2.24, 2.45) is 0 Å². The van der Waals surface area contributed by atoms with Crippen molar-refractivity contribution in [3.05, 3.63) is 83.6 Å². The standard InChI is InChI=1S/C21H23N3O/c1-3-8-17(9-4-1)15-22-19-12-7-13-24-20(19)14-21(23-24)25-16-18-10-5-2-6-11-18/h1-6,8-11,14,19,22H,7,12-13,15-16H2. The Bertz CT molecular complexity index is 799. The van der Waals surface area contributed by atoms with E-state index in [1.807, 2.05) is 18.2 Å². The summed E-state index contributed by atoms with van der Waals surface area (Å²) < 4.78 is 7.99. The van der Waals surface area contributed by atoms with Gasteiger partial charge in [-0.05, 0) is 24.0 Å². The van der Waals surface area contributed by atoms with E-state index in [-0.39, 0.29) is 0 Å². The molecule has 2 aromatic carbocycles. The van der Waals surface area contributed by atoms with Crippen LogP contribution in [0.15, 0.2) is 66.7 Å². The van der Waals surface area contributed by atoms with Gasteiger partial charge < -0.3 is 10.1 Å². The van der Waals surface area contributed by atoms with Gasteiger partial charge in [-0.2, -0.15) is 0 Å². The van der Waals surface area contributed by atoms with Crippen LogP contribution in [0.5, 0.6) is 5.88 Å². The van der Waals surface area contributed by atoms with Crippen LogP contribution in [0.3, 0.4) is 0 Å². The van der Waals surface area contributed by atoms with Crippen molar-refractivity contribution in [3.8, 4) is 5.88 Å². The van der Waals surface area contributed by atoms with E-state index in [0.29, 0.717) is 18.5 Å². The molecule has 1 atom stereocenters.